The molecule has 1 radical (unpaired) electrons. The van der Waals surface area contributed by atoms with Crippen molar-refractivity contribution in [3.05, 3.63) is 27.6 Å². The van der Waals surface area contributed by atoms with E-state index >= 15 is 0 Å². The molecule has 0 spiro atoms. The summed E-state index contributed by atoms with van der Waals surface area (Å²) < 4.78 is 13.5. The van der Waals surface area contributed by atoms with Gasteiger partial charge >= 0.3 is 7.48 Å². The maximum absolute atomic E-state index is 12.7. The van der Waals surface area contributed by atoms with Crippen LogP contribution in [0.1, 0.15) is 0 Å². The van der Waals surface area contributed by atoms with Crippen molar-refractivity contribution in [1.29, 1.82) is 0 Å². The van der Waals surface area contributed by atoms with Crippen molar-refractivity contribution in [3.8, 4) is 0 Å². The second kappa shape index (κ2) is 3.34. The van der Waals surface area contributed by atoms with E-state index in [2.05, 4.69) is 0 Å². The standard InChI is InChI=1S/C6H4BFIO/c8-6-3-4(9)1-2-5(6)7-10/h1-3,10H. The minimum Gasteiger partial charge on any atom is -0.450 e. The van der Waals surface area contributed by atoms with Crippen molar-refractivity contribution in [2.75, 3.05) is 0 Å². The Bertz CT molecular complexity index is 241. The minimum absolute atomic E-state index is 0.223. The molecule has 4 heteroatoms. The number of halogens is 2. The molecule has 0 fully saturated rings. The number of benzene rings is 1. The van der Waals surface area contributed by atoms with Crippen LogP contribution in [-0.2, 0) is 0 Å². The van der Waals surface area contributed by atoms with E-state index in [9.17, 15) is 4.39 Å². The Kier molecular flexibility index (Phi) is 2.68. The summed E-state index contributed by atoms with van der Waals surface area (Å²) in [5.74, 6) is -0.394. The van der Waals surface area contributed by atoms with Crippen molar-refractivity contribution >= 4 is 35.5 Å². The Morgan fingerprint density at radius 2 is 2.20 bits per heavy atom. The lowest BCUT2D eigenvalue weighted by Gasteiger charge is -1.95. The molecule has 1 rings (SSSR count). The molecule has 0 unspecified atom stereocenters. The van der Waals surface area contributed by atoms with E-state index in [1.807, 2.05) is 22.6 Å². The van der Waals surface area contributed by atoms with Crippen molar-refractivity contribution in [2.24, 2.45) is 0 Å². The lowest BCUT2D eigenvalue weighted by atomic mass is 9.88. The molecule has 0 aromatic heterocycles. The molecule has 0 aliphatic heterocycles. The Morgan fingerprint density at radius 3 is 2.70 bits per heavy atom. The lowest BCUT2D eigenvalue weighted by molar-refractivity contribution is 0.602. The zero-order valence-corrected chi connectivity index (χ0v) is 7.17. The van der Waals surface area contributed by atoms with Crippen LogP contribution in [0, 0.1) is 9.39 Å². The fourth-order valence-electron chi connectivity index (χ4n) is 0.606. The van der Waals surface area contributed by atoms with Crippen LogP contribution in [0.15, 0.2) is 18.2 Å². The van der Waals surface area contributed by atoms with E-state index < -0.39 is 5.82 Å². The number of hydrogen-bond donors (Lipinski definition) is 1. The summed E-state index contributed by atoms with van der Waals surface area (Å²) in [6, 6.07) is 4.62. The Morgan fingerprint density at radius 1 is 1.50 bits per heavy atom. The molecule has 51 valence electrons. The van der Waals surface area contributed by atoms with Crippen molar-refractivity contribution in [3.63, 3.8) is 0 Å². The molecule has 0 aliphatic carbocycles. The van der Waals surface area contributed by atoms with Gasteiger partial charge in [0.05, 0.1) is 0 Å². The second-order valence-electron chi connectivity index (χ2n) is 1.79. The molecular formula is C6H4BFIO. The molecule has 0 heterocycles. The molecule has 0 aliphatic rings. The average molecular weight is 249 g/mol. The minimum atomic E-state index is -0.394. The normalized spacial score (nSPS) is 9.50. The van der Waals surface area contributed by atoms with Crippen molar-refractivity contribution in [1.82, 2.24) is 0 Å². The van der Waals surface area contributed by atoms with Crippen LogP contribution >= 0.6 is 22.6 Å². The third kappa shape index (κ3) is 1.70. The van der Waals surface area contributed by atoms with Crippen LogP contribution in [0.2, 0.25) is 0 Å². The first kappa shape index (κ1) is 8.01. The molecule has 1 aromatic rings. The smallest absolute Gasteiger partial charge is 0.329 e. The first-order valence-electron chi connectivity index (χ1n) is 2.66. The maximum Gasteiger partial charge on any atom is 0.329 e. The van der Waals surface area contributed by atoms with Crippen LogP contribution in [0.5, 0.6) is 0 Å². The predicted molar refractivity (Wildman–Crippen MR) is 46.7 cm³/mol. The zero-order valence-electron chi connectivity index (χ0n) is 5.01. The summed E-state index contributed by atoms with van der Waals surface area (Å²) in [6.07, 6.45) is 0. The molecule has 1 aromatic carbocycles. The van der Waals surface area contributed by atoms with Gasteiger partial charge in [-0.1, -0.05) is 6.07 Å². The molecular weight excluding hydrogens is 245 g/mol. The monoisotopic (exact) mass is 249 g/mol. The largest absolute Gasteiger partial charge is 0.450 e. The molecule has 0 amide bonds. The van der Waals surface area contributed by atoms with Crippen molar-refractivity contribution in [2.45, 2.75) is 0 Å². The van der Waals surface area contributed by atoms with Gasteiger partial charge in [0.25, 0.3) is 0 Å². The van der Waals surface area contributed by atoms with E-state index in [0.717, 1.165) is 11.1 Å². The first-order valence-corrected chi connectivity index (χ1v) is 3.74. The van der Waals surface area contributed by atoms with Crippen LogP contribution in [-0.4, -0.2) is 12.5 Å². The Hall–Kier alpha value is -0.0951. The molecule has 0 atom stereocenters. The summed E-state index contributed by atoms with van der Waals surface area (Å²) in [6.45, 7) is 0. The maximum atomic E-state index is 12.7. The third-order valence-electron chi connectivity index (χ3n) is 1.10. The molecule has 1 nitrogen and oxygen atoms in total. The summed E-state index contributed by atoms with van der Waals surface area (Å²) in [4.78, 5) is 0. The fourth-order valence-corrected chi connectivity index (χ4v) is 1.06. The van der Waals surface area contributed by atoms with Gasteiger partial charge in [-0.15, -0.1) is 0 Å². The number of hydrogen-bond acceptors (Lipinski definition) is 1. The van der Waals surface area contributed by atoms with E-state index in [0.29, 0.717) is 0 Å². The van der Waals surface area contributed by atoms with Gasteiger partial charge in [0.2, 0.25) is 0 Å². The summed E-state index contributed by atoms with van der Waals surface area (Å²) >= 11 is 2.00. The second-order valence-corrected chi connectivity index (χ2v) is 3.04. The zero-order chi connectivity index (χ0) is 7.56. The SMILES string of the molecule is O[B]c1ccc(I)cc1F. The van der Waals surface area contributed by atoms with Gasteiger partial charge < -0.3 is 5.02 Å². The average Bonchev–Trinajstić information content (AvgIpc) is 1.88. The molecule has 0 saturated heterocycles. The highest BCUT2D eigenvalue weighted by Crippen LogP contribution is 2.03. The molecule has 1 N–H and O–H groups in total. The van der Waals surface area contributed by atoms with E-state index in [-0.39, 0.29) is 5.46 Å². The van der Waals surface area contributed by atoms with Gasteiger partial charge in [0.1, 0.15) is 5.82 Å². The Labute approximate surface area is 72.7 Å². The lowest BCUT2D eigenvalue weighted by Crippen LogP contribution is -2.17. The molecule has 0 bridgehead atoms. The highest BCUT2D eigenvalue weighted by molar-refractivity contribution is 14.1. The van der Waals surface area contributed by atoms with E-state index in [1.54, 1.807) is 6.07 Å². The fraction of sp³-hybridized carbons (Fsp3) is 0. The first-order chi connectivity index (χ1) is 4.74. The molecule has 0 saturated carbocycles. The summed E-state index contributed by atoms with van der Waals surface area (Å²) in [5, 5.41) is 8.44. The topological polar surface area (TPSA) is 20.2 Å². The van der Waals surface area contributed by atoms with Crippen LogP contribution in [0.25, 0.3) is 0 Å². The summed E-state index contributed by atoms with van der Waals surface area (Å²) in [5.41, 5.74) is 0.223. The van der Waals surface area contributed by atoms with E-state index in [1.165, 1.54) is 12.1 Å². The van der Waals surface area contributed by atoms with Crippen LogP contribution in [0.4, 0.5) is 4.39 Å². The number of rotatable bonds is 1. The summed E-state index contributed by atoms with van der Waals surface area (Å²) in [7, 11) is 0.755. The quantitative estimate of drug-likeness (QED) is 0.572. The van der Waals surface area contributed by atoms with Gasteiger partial charge in [-0.2, -0.15) is 0 Å². The van der Waals surface area contributed by atoms with Crippen LogP contribution in [0.3, 0.4) is 0 Å². The van der Waals surface area contributed by atoms with Gasteiger partial charge in [-0.3, -0.25) is 0 Å². The molecule has 10 heavy (non-hydrogen) atoms. The van der Waals surface area contributed by atoms with Crippen LogP contribution < -0.4 is 5.46 Å². The van der Waals surface area contributed by atoms with Gasteiger partial charge in [0.15, 0.2) is 0 Å². The van der Waals surface area contributed by atoms with Crippen molar-refractivity contribution < 1.29 is 9.41 Å². The van der Waals surface area contributed by atoms with Gasteiger partial charge in [-0.05, 0) is 40.2 Å². The predicted octanol–water partition coefficient (Wildman–Crippen LogP) is 0.667. The highest BCUT2D eigenvalue weighted by atomic mass is 127. The van der Waals surface area contributed by atoms with Gasteiger partial charge in [0, 0.05) is 3.57 Å². The Balaban J connectivity index is 3.07. The van der Waals surface area contributed by atoms with E-state index in [4.69, 9.17) is 5.02 Å². The third-order valence-corrected chi connectivity index (χ3v) is 1.77. The van der Waals surface area contributed by atoms with Gasteiger partial charge in [-0.25, -0.2) is 4.39 Å². The highest BCUT2D eigenvalue weighted by Gasteiger charge is 2.01.